The summed E-state index contributed by atoms with van der Waals surface area (Å²) in [5.74, 6) is -1.73. The third-order valence-corrected chi connectivity index (χ3v) is 1.84. The van der Waals surface area contributed by atoms with Gasteiger partial charge in [0.25, 0.3) is 0 Å². The lowest BCUT2D eigenvalue weighted by molar-refractivity contribution is -0.162. The Morgan fingerprint density at radius 1 is 1.53 bits per heavy atom. The van der Waals surface area contributed by atoms with E-state index >= 15 is 0 Å². The molecule has 0 unspecified atom stereocenters. The highest BCUT2D eigenvalue weighted by atomic mass is 35.5. The molecule has 0 amide bonds. The Kier molecular flexibility index (Phi) is 3.63. The van der Waals surface area contributed by atoms with Crippen LogP contribution in [-0.4, -0.2) is 11.4 Å². The van der Waals surface area contributed by atoms with E-state index in [0.717, 1.165) is 5.56 Å². The lowest BCUT2D eigenvalue weighted by atomic mass is 10.1. The molecular weight excluding hydrogens is 226 g/mol. The normalized spacial score (nSPS) is 11.2. The Labute approximate surface area is 90.8 Å². The smallest absolute Gasteiger partial charge is 0.417 e. The number of benzene rings is 1. The fourth-order valence-electron chi connectivity index (χ4n) is 1.03. The Balaban J connectivity index is 2.55. The van der Waals surface area contributed by atoms with E-state index in [9.17, 15) is 13.6 Å². The van der Waals surface area contributed by atoms with Crippen molar-refractivity contribution < 1.29 is 18.3 Å². The molecule has 0 radical (unpaired) electrons. The Morgan fingerprint density at radius 3 is 2.73 bits per heavy atom. The number of rotatable bonds is 3. The summed E-state index contributed by atoms with van der Waals surface area (Å²) >= 11 is 4.47. The lowest BCUT2D eigenvalue weighted by Crippen LogP contribution is -2.23. The van der Waals surface area contributed by atoms with Gasteiger partial charge in [0.15, 0.2) is 0 Å². The van der Waals surface area contributed by atoms with Crippen LogP contribution in [0.15, 0.2) is 24.3 Å². The van der Waals surface area contributed by atoms with E-state index in [-0.39, 0.29) is 6.61 Å². The molecule has 15 heavy (non-hydrogen) atoms. The molecule has 0 saturated carbocycles. The maximum atomic E-state index is 12.2. The van der Waals surface area contributed by atoms with Gasteiger partial charge in [-0.25, -0.2) is 4.79 Å². The van der Waals surface area contributed by atoms with Crippen LogP contribution in [0.4, 0.5) is 8.78 Å². The molecule has 0 aliphatic rings. The molecule has 0 saturated heterocycles. The van der Waals surface area contributed by atoms with E-state index in [1.54, 1.807) is 18.2 Å². The number of hydrogen-bond donors (Lipinski definition) is 0. The fourth-order valence-corrected chi connectivity index (χ4v) is 1.09. The SMILES string of the molecule is Cc1cccc(COC(=O)C(F)(F)Cl)c1. The number of halogens is 3. The first-order valence-electron chi connectivity index (χ1n) is 4.19. The number of aryl methyl sites for hydroxylation is 1. The minimum atomic E-state index is -3.95. The molecule has 2 nitrogen and oxygen atoms in total. The Hall–Kier alpha value is -1.16. The minimum Gasteiger partial charge on any atom is -0.455 e. The molecule has 82 valence electrons. The number of hydrogen-bond acceptors (Lipinski definition) is 2. The van der Waals surface area contributed by atoms with Gasteiger partial charge in [-0.15, -0.1) is 0 Å². The van der Waals surface area contributed by atoms with Crippen LogP contribution >= 0.6 is 11.6 Å². The van der Waals surface area contributed by atoms with Crippen LogP contribution in [0.2, 0.25) is 0 Å². The van der Waals surface area contributed by atoms with Crippen molar-refractivity contribution in [2.24, 2.45) is 0 Å². The van der Waals surface area contributed by atoms with E-state index in [1.807, 2.05) is 13.0 Å². The lowest BCUT2D eigenvalue weighted by Gasteiger charge is -2.08. The zero-order valence-electron chi connectivity index (χ0n) is 7.97. The van der Waals surface area contributed by atoms with Crippen LogP contribution in [0, 0.1) is 6.92 Å². The first kappa shape index (κ1) is 11.9. The molecule has 0 atom stereocenters. The van der Waals surface area contributed by atoms with E-state index < -0.39 is 11.4 Å². The van der Waals surface area contributed by atoms with Crippen LogP contribution in [-0.2, 0) is 16.1 Å². The molecule has 0 aliphatic carbocycles. The van der Waals surface area contributed by atoms with Crippen LogP contribution < -0.4 is 0 Å². The van der Waals surface area contributed by atoms with Crippen molar-refractivity contribution in [3.05, 3.63) is 35.4 Å². The molecule has 0 heterocycles. The Bertz CT molecular complexity index is 361. The topological polar surface area (TPSA) is 26.3 Å². The number of ether oxygens (including phenoxy) is 1. The van der Waals surface area contributed by atoms with E-state index in [2.05, 4.69) is 16.3 Å². The molecule has 1 rings (SSSR count). The van der Waals surface area contributed by atoms with Gasteiger partial charge >= 0.3 is 11.4 Å². The molecule has 1 aromatic rings. The van der Waals surface area contributed by atoms with Crippen molar-refractivity contribution in [1.29, 1.82) is 0 Å². The minimum absolute atomic E-state index is 0.206. The first-order valence-corrected chi connectivity index (χ1v) is 4.57. The summed E-state index contributed by atoms with van der Waals surface area (Å²) in [6, 6.07) is 7.01. The molecule has 0 spiro atoms. The molecule has 0 N–H and O–H groups in total. The van der Waals surface area contributed by atoms with Gasteiger partial charge < -0.3 is 4.74 Å². The molecule has 0 aliphatic heterocycles. The third-order valence-electron chi connectivity index (χ3n) is 1.68. The zero-order valence-corrected chi connectivity index (χ0v) is 8.72. The quantitative estimate of drug-likeness (QED) is 0.594. The highest BCUT2D eigenvalue weighted by molar-refractivity contribution is 6.31. The van der Waals surface area contributed by atoms with Crippen molar-refractivity contribution in [2.45, 2.75) is 18.9 Å². The summed E-state index contributed by atoms with van der Waals surface area (Å²) in [6.07, 6.45) is 0. The Morgan fingerprint density at radius 2 is 2.20 bits per heavy atom. The second-order valence-electron chi connectivity index (χ2n) is 3.06. The number of alkyl halides is 3. The largest absolute Gasteiger partial charge is 0.455 e. The van der Waals surface area contributed by atoms with Crippen molar-refractivity contribution >= 4 is 17.6 Å². The molecule has 1 aromatic carbocycles. The summed E-state index contributed by atoms with van der Waals surface area (Å²) in [7, 11) is 0. The molecule has 0 bridgehead atoms. The number of carbonyl (C=O) groups excluding carboxylic acids is 1. The summed E-state index contributed by atoms with van der Waals surface area (Å²) in [6.45, 7) is 1.64. The fraction of sp³-hybridized carbons (Fsp3) is 0.300. The van der Waals surface area contributed by atoms with Gasteiger partial charge in [-0.05, 0) is 24.1 Å². The predicted molar refractivity (Wildman–Crippen MR) is 51.8 cm³/mol. The summed E-state index contributed by atoms with van der Waals surface area (Å²) in [5.41, 5.74) is 1.60. The van der Waals surface area contributed by atoms with Crippen molar-refractivity contribution in [1.82, 2.24) is 0 Å². The van der Waals surface area contributed by atoms with Crippen molar-refractivity contribution in [3.8, 4) is 0 Å². The maximum Gasteiger partial charge on any atom is 0.417 e. The highest BCUT2D eigenvalue weighted by Gasteiger charge is 2.37. The van der Waals surface area contributed by atoms with Crippen LogP contribution in [0.5, 0.6) is 0 Å². The zero-order chi connectivity index (χ0) is 11.5. The molecule has 0 aromatic heterocycles. The van der Waals surface area contributed by atoms with Crippen LogP contribution in [0.3, 0.4) is 0 Å². The van der Waals surface area contributed by atoms with Gasteiger partial charge in [-0.3, -0.25) is 0 Å². The van der Waals surface area contributed by atoms with Gasteiger partial charge in [0.2, 0.25) is 0 Å². The van der Waals surface area contributed by atoms with Crippen LogP contribution in [0.25, 0.3) is 0 Å². The summed E-state index contributed by atoms with van der Waals surface area (Å²) in [4.78, 5) is 10.6. The monoisotopic (exact) mass is 234 g/mol. The van der Waals surface area contributed by atoms with E-state index in [1.165, 1.54) is 0 Å². The van der Waals surface area contributed by atoms with Crippen LogP contribution in [0.1, 0.15) is 11.1 Å². The summed E-state index contributed by atoms with van der Waals surface area (Å²) in [5, 5.41) is -3.95. The highest BCUT2D eigenvalue weighted by Crippen LogP contribution is 2.21. The van der Waals surface area contributed by atoms with Crippen molar-refractivity contribution in [3.63, 3.8) is 0 Å². The summed E-state index contributed by atoms with van der Waals surface area (Å²) < 4.78 is 28.7. The van der Waals surface area contributed by atoms with Gasteiger partial charge in [0.05, 0.1) is 0 Å². The molecule has 5 heteroatoms. The predicted octanol–water partition coefficient (Wildman–Crippen LogP) is 2.87. The van der Waals surface area contributed by atoms with Gasteiger partial charge in [-0.1, -0.05) is 29.8 Å². The standard InChI is InChI=1S/C10H9ClF2O2/c1-7-3-2-4-8(5-7)6-15-9(14)10(11,12)13/h2-5H,6H2,1H3. The maximum absolute atomic E-state index is 12.2. The second-order valence-corrected chi connectivity index (χ2v) is 3.54. The van der Waals surface area contributed by atoms with Gasteiger partial charge in [-0.2, -0.15) is 8.78 Å². The average molecular weight is 235 g/mol. The second kappa shape index (κ2) is 4.57. The first-order chi connectivity index (χ1) is 6.89. The van der Waals surface area contributed by atoms with Crippen molar-refractivity contribution in [2.75, 3.05) is 0 Å². The average Bonchev–Trinajstić information content (AvgIpc) is 2.12. The molecular formula is C10H9ClF2O2. The van der Waals surface area contributed by atoms with E-state index in [4.69, 9.17) is 0 Å². The van der Waals surface area contributed by atoms with Gasteiger partial charge in [0.1, 0.15) is 6.61 Å². The van der Waals surface area contributed by atoms with E-state index in [0.29, 0.717) is 5.56 Å². The van der Waals surface area contributed by atoms with Gasteiger partial charge in [0, 0.05) is 0 Å². The molecule has 0 fully saturated rings. The number of esters is 1. The number of carbonyl (C=O) groups is 1. The third kappa shape index (κ3) is 3.83.